The molecule has 0 aromatic heterocycles. The second kappa shape index (κ2) is 7.47. The molecule has 0 heterocycles. The molecule has 2 aromatic rings. The Balaban J connectivity index is 1.63. The summed E-state index contributed by atoms with van der Waals surface area (Å²) in [5.74, 6) is 0.257. The molecular weight excluding hydrogens is 350 g/mol. The van der Waals surface area contributed by atoms with Crippen LogP contribution in [0.4, 0.5) is 5.69 Å². The molecule has 1 unspecified atom stereocenters. The largest absolute Gasteiger partial charge is 0.350 e. The van der Waals surface area contributed by atoms with Gasteiger partial charge in [-0.3, -0.25) is 9.52 Å². The summed E-state index contributed by atoms with van der Waals surface area (Å²) in [6.45, 7) is 2.36. The van der Waals surface area contributed by atoms with Crippen molar-refractivity contribution in [1.82, 2.24) is 5.32 Å². The summed E-state index contributed by atoms with van der Waals surface area (Å²) in [6.07, 6.45) is 2.25. The Bertz CT molecular complexity index is 873. The van der Waals surface area contributed by atoms with Crippen LogP contribution in [0.3, 0.4) is 0 Å². The van der Waals surface area contributed by atoms with Crippen LogP contribution >= 0.6 is 0 Å². The molecule has 3 rings (SSSR count). The van der Waals surface area contributed by atoms with E-state index in [-0.39, 0.29) is 16.8 Å². The van der Waals surface area contributed by atoms with Gasteiger partial charge in [0.25, 0.3) is 15.9 Å². The number of rotatable bonds is 7. The van der Waals surface area contributed by atoms with Gasteiger partial charge in [0.2, 0.25) is 0 Å². The zero-order chi connectivity index (χ0) is 18.7. The Morgan fingerprint density at radius 2 is 1.73 bits per heavy atom. The molecule has 26 heavy (non-hydrogen) atoms. The van der Waals surface area contributed by atoms with Gasteiger partial charge in [-0.1, -0.05) is 17.7 Å². The first kappa shape index (κ1) is 18.4. The van der Waals surface area contributed by atoms with E-state index in [1.165, 1.54) is 24.3 Å². The smallest absolute Gasteiger partial charge is 0.261 e. The van der Waals surface area contributed by atoms with Crippen LogP contribution in [0, 0.1) is 12.8 Å². The molecule has 0 spiro atoms. The first-order chi connectivity index (χ1) is 12.3. The number of nitrogens with one attached hydrogen (secondary N) is 2. The summed E-state index contributed by atoms with van der Waals surface area (Å²) < 4.78 is 27.4. The van der Waals surface area contributed by atoms with Gasteiger partial charge < -0.3 is 11.1 Å². The molecule has 1 amide bonds. The fourth-order valence-corrected chi connectivity index (χ4v) is 3.68. The number of anilines is 1. The van der Waals surface area contributed by atoms with E-state index in [9.17, 15) is 13.2 Å². The second-order valence-electron chi connectivity index (χ2n) is 6.71. The quantitative estimate of drug-likeness (QED) is 0.693. The standard InChI is InChI=1S/C19H23N3O3S/c1-13-2-8-16(9-3-13)22-26(24,25)17-10-6-15(7-11-17)19(23)21-12-18(20)14-4-5-14/h2-3,6-11,14,18,22H,4-5,12,20H2,1H3,(H,21,23). The highest BCUT2D eigenvalue weighted by atomic mass is 32.2. The number of aryl methyl sites for hydroxylation is 1. The van der Waals surface area contributed by atoms with Crippen LogP contribution in [0.25, 0.3) is 0 Å². The number of benzene rings is 2. The van der Waals surface area contributed by atoms with Gasteiger partial charge in [0.1, 0.15) is 0 Å². The van der Waals surface area contributed by atoms with Crippen molar-refractivity contribution >= 4 is 21.6 Å². The highest BCUT2D eigenvalue weighted by molar-refractivity contribution is 7.92. The molecule has 7 heteroatoms. The van der Waals surface area contributed by atoms with Crippen molar-refractivity contribution < 1.29 is 13.2 Å². The number of amides is 1. The molecule has 6 nitrogen and oxygen atoms in total. The van der Waals surface area contributed by atoms with Crippen molar-refractivity contribution in [2.45, 2.75) is 30.7 Å². The molecule has 1 saturated carbocycles. The highest BCUT2D eigenvalue weighted by Crippen LogP contribution is 2.31. The van der Waals surface area contributed by atoms with Crippen molar-refractivity contribution in [3.05, 3.63) is 59.7 Å². The molecule has 1 fully saturated rings. The van der Waals surface area contributed by atoms with Gasteiger partial charge in [-0.2, -0.15) is 0 Å². The molecule has 0 saturated heterocycles. The van der Waals surface area contributed by atoms with Crippen LogP contribution in [0.15, 0.2) is 53.4 Å². The van der Waals surface area contributed by atoms with Gasteiger partial charge in [0, 0.05) is 23.8 Å². The summed E-state index contributed by atoms with van der Waals surface area (Å²) in [6, 6.07) is 12.9. The van der Waals surface area contributed by atoms with Crippen molar-refractivity contribution in [2.75, 3.05) is 11.3 Å². The van der Waals surface area contributed by atoms with Crippen LogP contribution in [-0.2, 0) is 10.0 Å². The lowest BCUT2D eigenvalue weighted by Gasteiger charge is -2.12. The molecule has 2 aromatic carbocycles. The molecule has 1 atom stereocenters. The molecule has 1 aliphatic rings. The lowest BCUT2D eigenvalue weighted by Crippen LogP contribution is -2.38. The zero-order valence-corrected chi connectivity index (χ0v) is 15.4. The average Bonchev–Trinajstić information content (AvgIpc) is 3.46. The van der Waals surface area contributed by atoms with Gasteiger partial charge in [-0.15, -0.1) is 0 Å². The third-order valence-corrected chi connectivity index (χ3v) is 5.85. The maximum absolute atomic E-state index is 12.4. The summed E-state index contributed by atoms with van der Waals surface area (Å²) in [5.41, 5.74) is 7.91. The van der Waals surface area contributed by atoms with E-state index in [4.69, 9.17) is 5.73 Å². The second-order valence-corrected chi connectivity index (χ2v) is 8.39. The summed E-state index contributed by atoms with van der Waals surface area (Å²) >= 11 is 0. The van der Waals surface area contributed by atoms with E-state index in [1.807, 2.05) is 19.1 Å². The minimum absolute atomic E-state index is 0.0164. The van der Waals surface area contributed by atoms with E-state index in [0.717, 1.165) is 18.4 Å². The van der Waals surface area contributed by atoms with Crippen molar-refractivity contribution in [2.24, 2.45) is 11.7 Å². The first-order valence-corrected chi connectivity index (χ1v) is 10.1. The van der Waals surface area contributed by atoms with Crippen LogP contribution in [0.1, 0.15) is 28.8 Å². The van der Waals surface area contributed by atoms with Crippen LogP contribution in [0.2, 0.25) is 0 Å². The minimum Gasteiger partial charge on any atom is -0.350 e. The minimum atomic E-state index is -3.70. The number of carbonyl (C=O) groups excluding carboxylic acids is 1. The number of hydrogen-bond donors (Lipinski definition) is 3. The van der Waals surface area contributed by atoms with Crippen LogP contribution in [-0.4, -0.2) is 26.9 Å². The molecule has 1 aliphatic carbocycles. The average molecular weight is 373 g/mol. The molecule has 4 N–H and O–H groups in total. The number of hydrogen-bond acceptors (Lipinski definition) is 4. The number of nitrogens with two attached hydrogens (primary N) is 1. The number of sulfonamides is 1. The van der Waals surface area contributed by atoms with Gasteiger partial charge in [0.15, 0.2) is 0 Å². The predicted octanol–water partition coefficient (Wildman–Crippen LogP) is 2.26. The summed E-state index contributed by atoms with van der Waals surface area (Å²) in [4.78, 5) is 12.2. The zero-order valence-electron chi connectivity index (χ0n) is 14.6. The van der Waals surface area contributed by atoms with E-state index in [2.05, 4.69) is 10.0 Å². The summed E-state index contributed by atoms with van der Waals surface area (Å²) in [5, 5.41) is 2.79. The van der Waals surface area contributed by atoms with Crippen molar-refractivity contribution in [1.29, 1.82) is 0 Å². The first-order valence-electron chi connectivity index (χ1n) is 8.58. The highest BCUT2D eigenvalue weighted by Gasteiger charge is 2.28. The third-order valence-electron chi connectivity index (χ3n) is 4.46. The lowest BCUT2D eigenvalue weighted by atomic mass is 10.2. The Morgan fingerprint density at radius 1 is 1.12 bits per heavy atom. The van der Waals surface area contributed by atoms with E-state index < -0.39 is 10.0 Å². The monoisotopic (exact) mass is 373 g/mol. The van der Waals surface area contributed by atoms with Gasteiger partial charge >= 0.3 is 0 Å². The van der Waals surface area contributed by atoms with Gasteiger partial charge in [0.05, 0.1) is 4.90 Å². The van der Waals surface area contributed by atoms with Crippen LogP contribution in [0.5, 0.6) is 0 Å². The van der Waals surface area contributed by atoms with Gasteiger partial charge in [-0.05, 0) is 62.1 Å². The van der Waals surface area contributed by atoms with E-state index in [0.29, 0.717) is 23.7 Å². The normalized spacial score (nSPS) is 15.3. The topological polar surface area (TPSA) is 101 Å². The Kier molecular flexibility index (Phi) is 5.29. The SMILES string of the molecule is Cc1ccc(NS(=O)(=O)c2ccc(C(=O)NCC(N)C3CC3)cc2)cc1. The van der Waals surface area contributed by atoms with Gasteiger partial charge in [-0.25, -0.2) is 8.42 Å². The van der Waals surface area contributed by atoms with Crippen molar-refractivity contribution in [3.63, 3.8) is 0 Å². The Hall–Kier alpha value is -2.38. The van der Waals surface area contributed by atoms with Crippen molar-refractivity contribution in [3.8, 4) is 0 Å². The molecule has 0 radical (unpaired) electrons. The molecule has 138 valence electrons. The lowest BCUT2D eigenvalue weighted by molar-refractivity contribution is 0.0950. The fraction of sp³-hybridized carbons (Fsp3) is 0.316. The molecular formula is C19H23N3O3S. The third kappa shape index (κ3) is 4.62. The molecule has 0 aliphatic heterocycles. The maximum atomic E-state index is 12.4. The molecule has 0 bridgehead atoms. The fourth-order valence-electron chi connectivity index (χ4n) is 2.62. The maximum Gasteiger partial charge on any atom is 0.261 e. The van der Waals surface area contributed by atoms with E-state index >= 15 is 0 Å². The van der Waals surface area contributed by atoms with Crippen LogP contribution < -0.4 is 15.8 Å². The Labute approximate surface area is 153 Å². The number of carbonyl (C=O) groups is 1. The van der Waals surface area contributed by atoms with E-state index in [1.54, 1.807) is 12.1 Å². The summed E-state index contributed by atoms with van der Waals surface area (Å²) in [7, 11) is -3.70. The predicted molar refractivity (Wildman–Crippen MR) is 101 cm³/mol. The Morgan fingerprint density at radius 3 is 2.31 bits per heavy atom.